The largest absolute Gasteiger partial charge is 0.421 e. The smallest absolute Gasteiger partial charge is 0.221 e. The summed E-state index contributed by atoms with van der Waals surface area (Å²) in [7, 11) is 0. The molecule has 0 saturated heterocycles. The SMILES string of the molecule is CC1(C)c2ccccc2C2(c3ccccc3-c3ccccc32)c2cc(C(=N)OC(=N)c3ccccc3)ccc21. The lowest BCUT2D eigenvalue weighted by molar-refractivity contribution is 0.536. The maximum Gasteiger partial charge on any atom is 0.221 e. The van der Waals surface area contributed by atoms with Gasteiger partial charge in [0.25, 0.3) is 0 Å². The fourth-order valence-corrected chi connectivity index (χ4v) is 6.81. The van der Waals surface area contributed by atoms with Crippen LogP contribution in [-0.4, -0.2) is 11.8 Å². The van der Waals surface area contributed by atoms with Crippen LogP contribution in [0.4, 0.5) is 0 Å². The molecule has 2 aliphatic carbocycles. The van der Waals surface area contributed by atoms with E-state index in [4.69, 9.17) is 15.6 Å². The lowest BCUT2D eigenvalue weighted by Gasteiger charge is -2.46. The van der Waals surface area contributed by atoms with Crippen molar-refractivity contribution in [1.82, 2.24) is 0 Å². The maximum absolute atomic E-state index is 8.86. The molecule has 188 valence electrons. The summed E-state index contributed by atoms with van der Waals surface area (Å²) in [6.07, 6.45) is 0. The Morgan fingerprint density at radius 2 is 0.974 bits per heavy atom. The summed E-state index contributed by atoms with van der Waals surface area (Å²) in [6.45, 7) is 4.58. The van der Waals surface area contributed by atoms with Gasteiger partial charge < -0.3 is 4.74 Å². The average Bonchev–Trinajstić information content (AvgIpc) is 3.27. The zero-order chi connectivity index (χ0) is 26.8. The van der Waals surface area contributed by atoms with Gasteiger partial charge in [0.1, 0.15) is 0 Å². The first-order valence-electron chi connectivity index (χ1n) is 13.3. The molecule has 0 aliphatic heterocycles. The zero-order valence-corrected chi connectivity index (χ0v) is 22.0. The minimum atomic E-state index is -0.516. The van der Waals surface area contributed by atoms with E-state index in [1.54, 1.807) is 0 Å². The minimum absolute atomic E-state index is 0.0296. The second-order valence-electron chi connectivity index (χ2n) is 10.9. The van der Waals surface area contributed by atoms with E-state index < -0.39 is 5.41 Å². The summed E-state index contributed by atoms with van der Waals surface area (Å²) in [5, 5.41) is 17.3. The molecular weight excluding hydrogens is 476 g/mol. The van der Waals surface area contributed by atoms with E-state index in [1.807, 2.05) is 36.4 Å². The predicted molar refractivity (Wildman–Crippen MR) is 157 cm³/mol. The maximum atomic E-state index is 8.86. The van der Waals surface area contributed by atoms with Gasteiger partial charge in [-0.15, -0.1) is 0 Å². The molecule has 3 nitrogen and oxygen atoms in total. The molecule has 39 heavy (non-hydrogen) atoms. The number of rotatable bonds is 2. The highest BCUT2D eigenvalue weighted by atomic mass is 16.5. The van der Waals surface area contributed by atoms with Crippen LogP contribution in [0.15, 0.2) is 121 Å². The van der Waals surface area contributed by atoms with Crippen molar-refractivity contribution in [3.8, 4) is 11.1 Å². The number of nitrogens with one attached hydrogen (secondary N) is 2. The van der Waals surface area contributed by atoms with Crippen LogP contribution in [0.2, 0.25) is 0 Å². The monoisotopic (exact) mass is 504 g/mol. The zero-order valence-electron chi connectivity index (χ0n) is 22.0. The van der Waals surface area contributed by atoms with Crippen LogP contribution in [0.5, 0.6) is 0 Å². The highest BCUT2D eigenvalue weighted by Crippen LogP contribution is 2.62. The fraction of sp³-hybridized carbons (Fsp3) is 0.111. The van der Waals surface area contributed by atoms with Crippen LogP contribution < -0.4 is 0 Å². The van der Waals surface area contributed by atoms with Crippen LogP contribution >= 0.6 is 0 Å². The van der Waals surface area contributed by atoms with Gasteiger partial charge in [0.05, 0.1) is 5.41 Å². The normalized spacial score (nSPS) is 15.0. The summed E-state index contributed by atoms with van der Waals surface area (Å²) in [5.41, 5.74) is 10.6. The number of hydrogen-bond acceptors (Lipinski definition) is 3. The molecule has 0 amide bonds. The topological polar surface area (TPSA) is 56.9 Å². The van der Waals surface area contributed by atoms with Gasteiger partial charge in [-0.2, -0.15) is 0 Å². The molecule has 2 N–H and O–H groups in total. The van der Waals surface area contributed by atoms with Crippen LogP contribution in [0.3, 0.4) is 0 Å². The second-order valence-corrected chi connectivity index (χ2v) is 10.9. The molecule has 1 spiro atoms. The third-order valence-corrected chi connectivity index (χ3v) is 8.56. The van der Waals surface area contributed by atoms with Crippen molar-refractivity contribution in [2.75, 3.05) is 0 Å². The average molecular weight is 505 g/mol. The first kappa shape index (κ1) is 23.4. The third-order valence-electron chi connectivity index (χ3n) is 8.56. The van der Waals surface area contributed by atoms with E-state index in [-0.39, 0.29) is 17.2 Å². The third kappa shape index (κ3) is 3.17. The Labute approximate surface area is 228 Å². The molecule has 0 unspecified atom stereocenters. The molecular formula is C36H28N2O. The van der Waals surface area contributed by atoms with Crippen molar-refractivity contribution >= 4 is 11.8 Å². The fourth-order valence-electron chi connectivity index (χ4n) is 6.81. The van der Waals surface area contributed by atoms with Crippen molar-refractivity contribution in [3.05, 3.63) is 166 Å². The summed E-state index contributed by atoms with van der Waals surface area (Å²) in [5.74, 6) is -0.0618. The van der Waals surface area contributed by atoms with Crippen molar-refractivity contribution in [3.63, 3.8) is 0 Å². The predicted octanol–water partition coefficient (Wildman–Crippen LogP) is 8.06. The Morgan fingerprint density at radius 1 is 0.487 bits per heavy atom. The molecule has 5 aromatic carbocycles. The molecule has 0 atom stereocenters. The summed E-state index contributed by atoms with van der Waals surface area (Å²) < 4.78 is 5.79. The second kappa shape index (κ2) is 8.37. The van der Waals surface area contributed by atoms with Crippen LogP contribution in [-0.2, 0) is 15.6 Å². The van der Waals surface area contributed by atoms with Gasteiger partial charge in [-0.3, -0.25) is 10.8 Å². The molecule has 0 radical (unpaired) electrons. The molecule has 0 saturated carbocycles. The van der Waals surface area contributed by atoms with E-state index in [0.29, 0.717) is 11.1 Å². The van der Waals surface area contributed by atoms with Crippen molar-refractivity contribution in [1.29, 1.82) is 10.8 Å². The first-order valence-corrected chi connectivity index (χ1v) is 13.3. The number of ether oxygens (including phenoxy) is 1. The van der Waals surface area contributed by atoms with Crippen LogP contribution in [0.1, 0.15) is 58.4 Å². The van der Waals surface area contributed by atoms with Crippen molar-refractivity contribution < 1.29 is 4.74 Å². The lowest BCUT2D eigenvalue weighted by atomic mass is 9.55. The number of hydrogen-bond donors (Lipinski definition) is 2. The van der Waals surface area contributed by atoms with E-state index in [0.717, 1.165) is 0 Å². The molecule has 5 aromatic rings. The van der Waals surface area contributed by atoms with Crippen molar-refractivity contribution in [2.24, 2.45) is 0 Å². The Morgan fingerprint density at radius 3 is 1.62 bits per heavy atom. The van der Waals surface area contributed by atoms with Crippen LogP contribution in [0.25, 0.3) is 11.1 Å². The lowest BCUT2D eigenvalue weighted by Crippen LogP contribution is -2.41. The van der Waals surface area contributed by atoms with E-state index in [9.17, 15) is 0 Å². The highest BCUT2D eigenvalue weighted by molar-refractivity contribution is 6.05. The van der Waals surface area contributed by atoms with Gasteiger partial charge in [0, 0.05) is 16.5 Å². The summed E-state index contributed by atoms with van der Waals surface area (Å²) in [6, 6.07) is 41.8. The Balaban J connectivity index is 1.49. The Bertz CT molecular complexity index is 1750. The summed E-state index contributed by atoms with van der Waals surface area (Å²) in [4.78, 5) is 0. The standard InChI is InChI=1S/C36H28N2O/c1-35(2)29-18-10-11-19-31(29)36(27-16-8-6-14-25(27)26-15-7-9-17-28(26)36)32-22-24(20-21-30(32)35)34(38)39-33(37)23-12-4-3-5-13-23/h3-22,37-38H,1-2H3. The number of fused-ring (bicyclic) bond motifs is 9. The molecule has 0 aromatic heterocycles. The van der Waals surface area contributed by atoms with Gasteiger partial charge in [0.15, 0.2) is 0 Å². The summed E-state index contributed by atoms with van der Waals surface area (Å²) >= 11 is 0. The quantitative estimate of drug-likeness (QED) is 0.182. The van der Waals surface area contributed by atoms with E-state index in [2.05, 4.69) is 98.8 Å². The van der Waals surface area contributed by atoms with Gasteiger partial charge in [-0.1, -0.05) is 111 Å². The van der Waals surface area contributed by atoms with Gasteiger partial charge >= 0.3 is 0 Å². The first-order chi connectivity index (χ1) is 18.9. The van der Waals surface area contributed by atoms with Gasteiger partial charge in [0.2, 0.25) is 11.8 Å². The Hall–Kier alpha value is -4.76. The molecule has 2 aliphatic rings. The van der Waals surface area contributed by atoms with Crippen LogP contribution in [0, 0.1) is 10.8 Å². The Kier molecular flexibility index (Phi) is 5.02. The minimum Gasteiger partial charge on any atom is -0.421 e. The highest BCUT2D eigenvalue weighted by Gasteiger charge is 2.53. The molecule has 7 rings (SSSR count). The number of benzene rings is 5. The van der Waals surface area contributed by atoms with Gasteiger partial charge in [-0.25, -0.2) is 0 Å². The van der Waals surface area contributed by atoms with E-state index in [1.165, 1.54) is 44.5 Å². The molecule has 0 bridgehead atoms. The van der Waals surface area contributed by atoms with Gasteiger partial charge in [-0.05, 0) is 68.8 Å². The molecule has 3 heteroatoms. The molecule has 0 fully saturated rings. The molecule has 0 heterocycles. The van der Waals surface area contributed by atoms with Crippen molar-refractivity contribution in [2.45, 2.75) is 24.7 Å². The van der Waals surface area contributed by atoms with E-state index >= 15 is 0 Å².